The molecule has 0 saturated heterocycles. The summed E-state index contributed by atoms with van der Waals surface area (Å²) in [5.41, 5.74) is 7.63. The highest BCUT2D eigenvalue weighted by Gasteiger charge is 2.27. The largest absolute Gasteiger partial charge is 0.327 e. The van der Waals surface area contributed by atoms with E-state index in [2.05, 4.69) is 29.6 Å². The lowest BCUT2D eigenvalue weighted by Crippen LogP contribution is -2.22. The van der Waals surface area contributed by atoms with Crippen molar-refractivity contribution in [1.82, 2.24) is 0 Å². The molecule has 0 aliphatic heterocycles. The van der Waals surface area contributed by atoms with E-state index in [1.54, 1.807) is 0 Å². The van der Waals surface area contributed by atoms with Crippen molar-refractivity contribution in [3.63, 3.8) is 0 Å². The third-order valence-electron chi connectivity index (χ3n) is 3.54. The molecule has 1 unspecified atom stereocenters. The van der Waals surface area contributed by atoms with Crippen molar-refractivity contribution >= 4 is 21.4 Å². The van der Waals surface area contributed by atoms with Crippen molar-refractivity contribution in [2.75, 3.05) is 0 Å². The summed E-state index contributed by atoms with van der Waals surface area (Å²) in [6, 6.07) is 9.22. The molecule has 2 heteroatoms. The topological polar surface area (TPSA) is 26.0 Å². The first-order chi connectivity index (χ1) is 7.84. The molecule has 0 bridgehead atoms. The minimum absolute atomic E-state index is 0.426. The van der Waals surface area contributed by atoms with Gasteiger partial charge in [-0.15, -0.1) is 11.3 Å². The molecular weight excluding hydrogens is 214 g/mol. The van der Waals surface area contributed by atoms with Crippen LogP contribution in [0.15, 0.2) is 29.6 Å². The number of aryl methyl sites for hydroxylation is 1. The second kappa shape index (κ2) is 4.19. The highest BCUT2D eigenvalue weighted by Crippen LogP contribution is 2.34. The Kier molecular flexibility index (Phi) is 2.70. The Bertz CT molecular complexity index is 484. The number of hydrogen-bond donors (Lipinski definition) is 1. The van der Waals surface area contributed by atoms with Crippen LogP contribution in [0, 0.1) is 5.92 Å². The molecule has 1 aromatic carbocycles. The number of hydrogen-bond acceptors (Lipinski definition) is 2. The zero-order valence-electron chi connectivity index (χ0n) is 9.36. The molecule has 2 aromatic rings. The van der Waals surface area contributed by atoms with Gasteiger partial charge in [0.2, 0.25) is 0 Å². The molecule has 1 aliphatic carbocycles. The summed E-state index contributed by atoms with van der Waals surface area (Å²) in [6.07, 6.45) is 4.98. The van der Waals surface area contributed by atoms with Gasteiger partial charge in [-0.3, -0.25) is 0 Å². The maximum absolute atomic E-state index is 6.15. The second-order valence-electron chi connectivity index (χ2n) is 4.80. The summed E-state index contributed by atoms with van der Waals surface area (Å²) < 4.78 is 1.45. The molecule has 1 nitrogen and oxygen atoms in total. The maximum atomic E-state index is 6.15. The van der Waals surface area contributed by atoms with Crippen LogP contribution in [-0.4, -0.2) is 6.04 Å². The summed E-state index contributed by atoms with van der Waals surface area (Å²) >= 11 is 1.85. The van der Waals surface area contributed by atoms with Gasteiger partial charge in [0.25, 0.3) is 0 Å². The van der Waals surface area contributed by atoms with E-state index >= 15 is 0 Å². The lowest BCUT2D eigenvalue weighted by molar-refractivity contribution is 0.551. The smallest absolute Gasteiger partial charge is 0.0374 e. The predicted molar refractivity (Wildman–Crippen MR) is 70.8 cm³/mol. The van der Waals surface area contributed by atoms with Crippen molar-refractivity contribution in [1.29, 1.82) is 0 Å². The number of rotatable bonds is 4. The predicted octanol–water partition coefficient (Wildman–Crippen LogP) is 3.57. The van der Waals surface area contributed by atoms with Gasteiger partial charge in [-0.2, -0.15) is 0 Å². The van der Waals surface area contributed by atoms with Crippen molar-refractivity contribution in [2.45, 2.75) is 31.7 Å². The van der Waals surface area contributed by atoms with Gasteiger partial charge >= 0.3 is 0 Å². The Hall–Kier alpha value is -0.860. The van der Waals surface area contributed by atoms with Gasteiger partial charge in [-0.05, 0) is 54.0 Å². The average Bonchev–Trinajstić information content (AvgIpc) is 3.04. The monoisotopic (exact) mass is 231 g/mol. The molecule has 84 valence electrons. The van der Waals surface area contributed by atoms with Gasteiger partial charge in [0.15, 0.2) is 0 Å². The summed E-state index contributed by atoms with van der Waals surface area (Å²) in [5.74, 6) is 0.822. The fourth-order valence-corrected chi connectivity index (χ4v) is 3.28. The number of fused-ring (bicyclic) bond motifs is 1. The first-order valence-electron chi connectivity index (χ1n) is 6.05. The third kappa shape index (κ3) is 2.00. The van der Waals surface area contributed by atoms with Gasteiger partial charge in [-0.1, -0.05) is 18.2 Å². The Morgan fingerprint density at radius 3 is 3.00 bits per heavy atom. The normalized spacial score (nSPS) is 17.8. The van der Waals surface area contributed by atoms with Crippen LogP contribution >= 0.6 is 11.3 Å². The quantitative estimate of drug-likeness (QED) is 0.855. The minimum Gasteiger partial charge on any atom is -0.327 e. The molecule has 0 amide bonds. The van der Waals surface area contributed by atoms with Gasteiger partial charge in [-0.25, -0.2) is 0 Å². The third-order valence-corrected chi connectivity index (χ3v) is 4.54. The Labute approximate surface area is 100 Å². The minimum atomic E-state index is 0.426. The van der Waals surface area contributed by atoms with E-state index in [0.29, 0.717) is 6.04 Å². The van der Waals surface area contributed by atoms with Crippen molar-refractivity contribution in [3.8, 4) is 0 Å². The number of nitrogens with two attached hydrogens (primary N) is 1. The molecule has 3 rings (SSSR count). The van der Waals surface area contributed by atoms with Crippen LogP contribution in [-0.2, 0) is 6.42 Å². The van der Waals surface area contributed by atoms with Gasteiger partial charge in [0.1, 0.15) is 0 Å². The maximum Gasteiger partial charge on any atom is 0.0374 e. The van der Waals surface area contributed by atoms with E-state index in [1.807, 2.05) is 11.3 Å². The summed E-state index contributed by atoms with van der Waals surface area (Å²) in [7, 11) is 0. The highest BCUT2D eigenvalue weighted by atomic mass is 32.1. The molecule has 0 spiro atoms. The molecule has 1 aliphatic rings. The van der Waals surface area contributed by atoms with Crippen LogP contribution < -0.4 is 5.73 Å². The Balaban J connectivity index is 1.75. The van der Waals surface area contributed by atoms with Crippen molar-refractivity contribution in [3.05, 3.63) is 35.2 Å². The fourth-order valence-electron chi connectivity index (χ4n) is 2.33. The van der Waals surface area contributed by atoms with Crippen LogP contribution in [0.4, 0.5) is 0 Å². The molecule has 1 saturated carbocycles. The second-order valence-corrected chi connectivity index (χ2v) is 5.71. The lowest BCUT2D eigenvalue weighted by Gasteiger charge is -2.10. The molecule has 1 fully saturated rings. The van der Waals surface area contributed by atoms with Crippen LogP contribution in [0.3, 0.4) is 0 Å². The first-order valence-corrected chi connectivity index (χ1v) is 6.93. The first kappa shape index (κ1) is 10.3. The van der Waals surface area contributed by atoms with E-state index in [0.717, 1.165) is 18.8 Å². The number of thiophene rings is 1. The summed E-state index contributed by atoms with van der Waals surface area (Å²) in [4.78, 5) is 0. The zero-order chi connectivity index (χ0) is 11.0. The lowest BCUT2D eigenvalue weighted by atomic mass is 10.0. The molecule has 1 atom stereocenters. The van der Waals surface area contributed by atoms with E-state index in [9.17, 15) is 0 Å². The van der Waals surface area contributed by atoms with Crippen LogP contribution in [0.1, 0.15) is 24.8 Å². The van der Waals surface area contributed by atoms with Gasteiger partial charge < -0.3 is 5.73 Å². The van der Waals surface area contributed by atoms with Gasteiger partial charge in [0, 0.05) is 10.7 Å². The average molecular weight is 231 g/mol. The van der Waals surface area contributed by atoms with Crippen LogP contribution in [0.2, 0.25) is 0 Å². The molecule has 0 radical (unpaired) electrons. The molecule has 1 heterocycles. The SMILES string of the molecule is NC(CCc1cccc2ccsc12)C1CC1. The standard InChI is InChI=1S/C14H17NS/c15-13(10-4-5-10)7-6-11-2-1-3-12-8-9-16-14(11)12/h1-3,8-10,13H,4-7,15H2. The fraction of sp³-hybridized carbons (Fsp3) is 0.429. The molecule has 2 N–H and O–H groups in total. The van der Waals surface area contributed by atoms with Crippen molar-refractivity contribution in [2.24, 2.45) is 11.7 Å². The van der Waals surface area contributed by atoms with E-state index in [4.69, 9.17) is 5.73 Å². The van der Waals surface area contributed by atoms with E-state index in [1.165, 1.54) is 28.5 Å². The number of benzene rings is 1. The molecule has 16 heavy (non-hydrogen) atoms. The molecule has 1 aromatic heterocycles. The highest BCUT2D eigenvalue weighted by molar-refractivity contribution is 7.17. The van der Waals surface area contributed by atoms with E-state index < -0.39 is 0 Å². The van der Waals surface area contributed by atoms with Crippen LogP contribution in [0.5, 0.6) is 0 Å². The van der Waals surface area contributed by atoms with E-state index in [-0.39, 0.29) is 0 Å². The Morgan fingerprint density at radius 1 is 1.31 bits per heavy atom. The van der Waals surface area contributed by atoms with Crippen molar-refractivity contribution < 1.29 is 0 Å². The van der Waals surface area contributed by atoms with Gasteiger partial charge in [0.05, 0.1) is 0 Å². The molecular formula is C14H17NS. The zero-order valence-corrected chi connectivity index (χ0v) is 10.2. The summed E-state index contributed by atoms with van der Waals surface area (Å²) in [6.45, 7) is 0. The summed E-state index contributed by atoms with van der Waals surface area (Å²) in [5, 5.41) is 3.55. The van der Waals surface area contributed by atoms with Crippen LogP contribution in [0.25, 0.3) is 10.1 Å². The Morgan fingerprint density at radius 2 is 2.19 bits per heavy atom.